The SMILES string of the molecule is Cc1ccc(F)cc1C(=O)NCC1(c2ccccc2)CC1. The first-order valence-electron chi connectivity index (χ1n) is 7.21. The van der Waals surface area contributed by atoms with E-state index in [0.717, 1.165) is 18.4 Å². The van der Waals surface area contributed by atoms with Crippen molar-refractivity contribution in [2.24, 2.45) is 0 Å². The molecular weight excluding hydrogens is 265 g/mol. The third-order valence-electron chi connectivity index (χ3n) is 4.27. The molecule has 0 unspecified atom stereocenters. The average Bonchev–Trinajstić information content (AvgIpc) is 3.29. The van der Waals surface area contributed by atoms with E-state index in [1.807, 2.05) is 25.1 Å². The van der Waals surface area contributed by atoms with Crippen molar-refractivity contribution >= 4 is 5.91 Å². The van der Waals surface area contributed by atoms with E-state index in [9.17, 15) is 9.18 Å². The van der Waals surface area contributed by atoms with Crippen LogP contribution in [0, 0.1) is 12.7 Å². The molecule has 0 spiro atoms. The molecule has 0 heterocycles. The van der Waals surface area contributed by atoms with Crippen LogP contribution in [0.5, 0.6) is 0 Å². The molecule has 1 amide bonds. The minimum atomic E-state index is -0.380. The van der Waals surface area contributed by atoms with Gasteiger partial charge in [0.05, 0.1) is 0 Å². The summed E-state index contributed by atoms with van der Waals surface area (Å²) in [4.78, 5) is 12.2. The molecule has 0 aromatic heterocycles. The molecule has 0 atom stereocenters. The molecule has 1 aliphatic carbocycles. The molecule has 2 aromatic rings. The van der Waals surface area contributed by atoms with Gasteiger partial charge in [0.1, 0.15) is 5.82 Å². The zero-order valence-corrected chi connectivity index (χ0v) is 12.0. The van der Waals surface area contributed by atoms with Gasteiger partial charge < -0.3 is 5.32 Å². The van der Waals surface area contributed by atoms with Crippen molar-refractivity contribution in [2.45, 2.75) is 25.2 Å². The van der Waals surface area contributed by atoms with Crippen molar-refractivity contribution in [2.75, 3.05) is 6.54 Å². The molecule has 1 fully saturated rings. The van der Waals surface area contributed by atoms with Gasteiger partial charge in [-0.05, 0) is 43.0 Å². The molecule has 1 saturated carbocycles. The topological polar surface area (TPSA) is 29.1 Å². The van der Waals surface area contributed by atoms with Crippen LogP contribution < -0.4 is 5.32 Å². The van der Waals surface area contributed by atoms with E-state index in [-0.39, 0.29) is 17.1 Å². The predicted molar refractivity (Wildman–Crippen MR) is 80.8 cm³/mol. The van der Waals surface area contributed by atoms with E-state index in [0.29, 0.717) is 12.1 Å². The zero-order chi connectivity index (χ0) is 14.9. The first-order chi connectivity index (χ1) is 10.1. The first-order valence-corrected chi connectivity index (χ1v) is 7.21. The lowest BCUT2D eigenvalue weighted by Crippen LogP contribution is -2.32. The summed E-state index contributed by atoms with van der Waals surface area (Å²) in [5.74, 6) is -0.579. The van der Waals surface area contributed by atoms with Crippen molar-refractivity contribution in [1.82, 2.24) is 5.32 Å². The Morgan fingerprint density at radius 2 is 1.90 bits per heavy atom. The van der Waals surface area contributed by atoms with Gasteiger partial charge in [-0.2, -0.15) is 0 Å². The average molecular weight is 283 g/mol. The number of hydrogen-bond donors (Lipinski definition) is 1. The monoisotopic (exact) mass is 283 g/mol. The highest BCUT2D eigenvalue weighted by Crippen LogP contribution is 2.47. The van der Waals surface area contributed by atoms with Crippen LogP contribution in [0.3, 0.4) is 0 Å². The second-order valence-corrected chi connectivity index (χ2v) is 5.79. The van der Waals surface area contributed by atoms with Crippen LogP contribution in [0.2, 0.25) is 0 Å². The molecule has 0 bridgehead atoms. The summed E-state index contributed by atoms with van der Waals surface area (Å²) >= 11 is 0. The second kappa shape index (κ2) is 5.32. The Morgan fingerprint density at radius 3 is 2.57 bits per heavy atom. The molecular formula is C18H18FNO. The highest BCUT2D eigenvalue weighted by atomic mass is 19.1. The molecule has 2 nitrogen and oxygen atoms in total. The first kappa shape index (κ1) is 13.8. The Hall–Kier alpha value is -2.16. The molecule has 2 aromatic carbocycles. The predicted octanol–water partition coefficient (Wildman–Crippen LogP) is 3.60. The van der Waals surface area contributed by atoms with E-state index in [1.54, 1.807) is 6.07 Å². The Morgan fingerprint density at radius 1 is 1.19 bits per heavy atom. The number of benzene rings is 2. The van der Waals surface area contributed by atoms with Crippen LogP contribution in [0.15, 0.2) is 48.5 Å². The molecule has 21 heavy (non-hydrogen) atoms. The molecule has 1 aliphatic rings. The third kappa shape index (κ3) is 2.82. The smallest absolute Gasteiger partial charge is 0.251 e. The van der Waals surface area contributed by atoms with E-state index >= 15 is 0 Å². The zero-order valence-electron chi connectivity index (χ0n) is 12.0. The van der Waals surface area contributed by atoms with Crippen LogP contribution in [-0.2, 0) is 5.41 Å². The summed E-state index contributed by atoms with van der Waals surface area (Å²) in [6.07, 6.45) is 2.17. The fourth-order valence-corrected chi connectivity index (χ4v) is 2.69. The van der Waals surface area contributed by atoms with Crippen molar-refractivity contribution in [3.05, 3.63) is 71.0 Å². The Kier molecular flexibility index (Phi) is 3.50. The van der Waals surface area contributed by atoms with Gasteiger partial charge in [0, 0.05) is 17.5 Å². The fraction of sp³-hybridized carbons (Fsp3) is 0.278. The van der Waals surface area contributed by atoms with Crippen molar-refractivity contribution in [1.29, 1.82) is 0 Å². The maximum atomic E-state index is 13.3. The molecule has 0 saturated heterocycles. The standard InChI is InChI=1S/C18H18FNO/c1-13-7-8-15(19)11-16(13)17(21)20-12-18(9-10-18)14-5-3-2-4-6-14/h2-8,11H,9-10,12H2,1H3,(H,20,21). The molecule has 0 aliphatic heterocycles. The van der Waals surface area contributed by atoms with E-state index < -0.39 is 0 Å². The molecule has 3 heteroatoms. The van der Waals surface area contributed by atoms with Crippen molar-refractivity contribution in [3.63, 3.8) is 0 Å². The summed E-state index contributed by atoms with van der Waals surface area (Å²) in [6, 6.07) is 14.6. The van der Waals surface area contributed by atoms with Crippen LogP contribution in [-0.4, -0.2) is 12.5 Å². The van der Waals surface area contributed by atoms with E-state index in [1.165, 1.54) is 17.7 Å². The maximum Gasteiger partial charge on any atom is 0.251 e. The van der Waals surface area contributed by atoms with Crippen LogP contribution in [0.25, 0.3) is 0 Å². The lowest BCUT2D eigenvalue weighted by atomic mass is 9.96. The van der Waals surface area contributed by atoms with Gasteiger partial charge in [-0.3, -0.25) is 4.79 Å². The summed E-state index contributed by atoms with van der Waals surface area (Å²) in [7, 11) is 0. The number of carbonyl (C=O) groups is 1. The van der Waals surface area contributed by atoms with E-state index in [4.69, 9.17) is 0 Å². The number of carbonyl (C=O) groups excluding carboxylic acids is 1. The summed E-state index contributed by atoms with van der Waals surface area (Å²) in [6.45, 7) is 2.42. The molecule has 0 radical (unpaired) electrons. The van der Waals surface area contributed by atoms with Crippen molar-refractivity contribution < 1.29 is 9.18 Å². The summed E-state index contributed by atoms with van der Waals surface area (Å²) < 4.78 is 13.3. The summed E-state index contributed by atoms with van der Waals surface area (Å²) in [5, 5.41) is 2.96. The highest BCUT2D eigenvalue weighted by molar-refractivity contribution is 5.95. The maximum absolute atomic E-state index is 13.3. The summed E-state index contributed by atoms with van der Waals surface area (Å²) in [5.41, 5.74) is 2.54. The lowest BCUT2D eigenvalue weighted by molar-refractivity contribution is 0.0948. The van der Waals surface area contributed by atoms with Crippen molar-refractivity contribution in [3.8, 4) is 0 Å². The largest absolute Gasteiger partial charge is 0.351 e. The van der Waals surface area contributed by atoms with Crippen LogP contribution >= 0.6 is 0 Å². The Balaban J connectivity index is 1.71. The van der Waals surface area contributed by atoms with Gasteiger partial charge in [-0.1, -0.05) is 36.4 Å². The molecule has 1 N–H and O–H groups in total. The Bertz CT molecular complexity index is 662. The number of amides is 1. The third-order valence-corrected chi connectivity index (χ3v) is 4.27. The molecule has 3 rings (SSSR count). The van der Waals surface area contributed by atoms with E-state index in [2.05, 4.69) is 17.4 Å². The lowest BCUT2D eigenvalue weighted by Gasteiger charge is -2.17. The normalized spacial score (nSPS) is 15.5. The van der Waals surface area contributed by atoms with Gasteiger partial charge >= 0.3 is 0 Å². The van der Waals surface area contributed by atoms with Gasteiger partial charge in [0.15, 0.2) is 0 Å². The number of hydrogen-bond acceptors (Lipinski definition) is 1. The molecule has 108 valence electrons. The highest BCUT2D eigenvalue weighted by Gasteiger charge is 2.44. The van der Waals surface area contributed by atoms with Gasteiger partial charge in [0.2, 0.25) is 0 Å². The number of aryl methyl sites for hydroxylation is 1. The van der Waals surface area contributed by atoms with Gasteiger partial charge in [-0.25, -0.2) is 4.39 Å². The van der Waals surface area contributed by atoms with Crippen LogP contribution in [0.4, 0.5) is 4.39 Å². The second-order valence-electron chi connectivity index (χ2n) is 5.79. The fourth-order valence-electron chi connectivity index (χ4n) is 2.69. The van der Waals surface area contributed by atoms with Crippen LogP contribution in [0.1, 0.15) is 34.3 Å². The Labute approximate surface area is 124 Å². The van der Waals surface area contributed by atoms with Gasteiger partial charge in [0.25, 0.3) is 5.91 Å². The quantitative estimate of drug-likeness (QED) is 0.912. The number of rotatable bonds is 4. The number of nitrogens with one attached hydrogen (secondary N) is 1. The van der Waals surface area contributed by atoms with Gasteiger partial charge in [-0.15, -0.1) is 0 Å². The number of halogens is 1. The minimum absolute atomic E-state index is 0.0676. The minimum Gasteiger partial charge on any atom is -0.351 e.